The molecule has 2 aromatic heterocycles. The van der Waals surface area contributed by atoms with E-state index in [2.05, 4.69) is 15.0 Å². The molecule has 3 rings (SSSR count). The Morgan fingerprint density at radius 1 is 1.31 bits per heavy atom. The molecular weight excluding hydrogens is 347 g/mol. The van der Waals surface area contributed by atoms with Gasteiger partial charge < -0.3 is 9.88 Å². The summed E-state index contributed by atoms with van der Waals surface area (Å²) in [6, 6.07) is 2.86. The van der Waals surface area contributed by atoms with Gasteiger partial charge in [-0.1, -0.05) is 6.92 Å². The highest BCUT2D eigenvalue weighted by atomic mass is 19.4. The van der Waals surface area contributed by atoms with Gasteiger partial charge in [-0.2, -0.15) is 18.2 Å². The number of hydrogen-bond acceptors (Lipinski definition) is 4. The van der Waals surface area contributed by atoms with E-state index in [-0.39, 0.29) is 5.52 Å². The van der Waals surface area contributed by atoms with Gasteiger partial charge in [0, 0.05) is 19.5 Å². The zero-order valence-electron chi connectivity index (χ0n) is 14.5. The van der Waals surface area contributed by atoms with E-state index in [0.717, 1.165) is 12.1 Å². The highest BCUT2D eigenvalue weighted by Crippen LogP contribution is 2.34. The number of nitrogens with zero attached hydrogens (tertiary/aromatic N) is 4. The van der Waals surface area contributed by atoms with E-state index >= 15 is 0 Å². The minimum absolute atomic E-state index is 0.185. The normalized spacial score (nSPS) is 13.2. The molecule has 1 N–H and O–H groups in total. The molecule has 0 aliphatic carbocycles. The number of benzene rings is 1. The van der Waals surface area contributed by atoms with Crippen molar-refractivity contribution in [3.8, 4) is 0 Å². The molecule has 2 heterocycles. The van der Waals surface area contributed by atoms with E-state index in [4.69, 9.17) is 0 Å². The average molecular weight is 365 g/mol. The van der Waals surface area contributed by atoms with Crippen LogP contribution in [0.3, 0.4) is 0 Å². The fourth-order valence-electron chi connectivity index (χ4n) is 3.04. The third-order valence-electron chi connectivity index (χ3n) is 4.23. The fraction of sp³-hybridized carbons (Fsp3) is 0.353. The van der Waals surface area contributed by atoms with E-state index < -0.39 is 23.5 Å². The molecular formula is C17H18F3N5O. The van der Waals surface area contributed by atoms with Crippen LogP contribution in [0.15, 0.2) is 35.5 Å². The van der Waals surface area contributed by atoms with Crippen LogP contribution in [0.2, 0.25) is 0 Å². The summed E-state index contributed by atoms with van der Waals surface area (Å²) in [6.45, 7) is 1.84. The molecule has 0 aliphatic heterocycles. The summed E-state index contributed by atoms with van der Waals surface area (Å²) in [5, 5.41) is 0.473. The van der Waals surface area contributed by atoms with E-state index in [0.29, 0.717) is 23.3 Å². The van der Waals surface area contributed by atoms with Crippen LogP contribution in [-0.2, 0) is 6.18 Å². The van der Waals surface area contributed by atoms with Crippen LogP contribution in [0.4, 0.5) is 19.0 Å². The Bertz CT molecular complexity index is 976. The Labute approximate surface area is 147 Å². The standard InChI is InChI=1S/C17H18F3N5O/c1-4-13(12-8-21-9-22-12)25-14-7-10(17(18,19)20)5-6-11(14)15(24(2)3)23-16(25)26/h5-9,13H,4H2,1-3H3,(H,21,22)/t13-/m0/s1. The Morgan fingerprint density at radius 2 is 2.04 bits per heavy atom. The molecule has 26 heavy (non-hydrogen) atoms. The largest absolute Gasteiger partial charge is 0.416 e. The van der Waals surface area contributed by atoms with Crippen molar-refractivity contribution in [2.24, 2.45) is 0 Å². The Hall–Kier alpha value is -2.84. The monoisotopic (exact) mass is 365 g/mol. The van der Waals surface area contributed by atoms with Gasteiger partial charge in [-0.3, -0.25) is 4.57 Å². The molecule has 1 aromatic carbocycles. The van der Waals surface area contributed by atoms with E-state index in [9.17, 15) is 18.0 Å². The lowest BCUT2D eigenvalue weighted by Gasteiger charge is -2.22. The molecule has 138 valence electrons. The van der Waals surface area contributed by atoms with Crippen molar-refractivity contribution >= 4 is 16.7 Å². The van der Waals surface area contributed by atoms with Crippen molar-refractivity contribution in [2.45, 2.75) is 25.6 Å². The van der Waals surface area contributed by atoms with Gasteiger partial charge in [-0.05, 0) is 24.6 Å². The molecule has 0 spiro atoms. The Kier molecular flexibility index (Phi) is 4.47. The van der Waals surface area contributed by atoms with Crippen molar-refractivity contribution in [1.29, 1.82) is 0 Å². The van der Waals surface area contributed by atoms with E-state index in [1.54, 1.807) is 25.2 Å². The molecule has 3 aromatic rings. The smallest absolute Gasteiger partial charge is 0.362 e. The zero-order chi connectivity index (χ0) is 19.1. The first-order valence-corrected chi connectivity index (χ1v) is 8.03. The lowest BCUT2D eigenvalue weighted by atomic mass is 10.1. The number of aromatic nitrogens is 4. The summed E-state index contributed by atoms with van der Waals surface area (Å²) in [6.07, 6.45) is -1.00. The van der Waals surface area contributed by atoms with Gasteiger partial charge in [0.05, 0.1) is 35.3 Å². The van der Waals surface area contributed by atoms with Crippen molar-refractivity contribution < 1.29 is 13.2 Å². The third kappa shape index (κ3) is 3.04. The molecule has 0 saturated heterocycles. The van der Waals surface area contributed by atoms with Crippen LogP contribution in [0.25, 0.3) is 10.9 Å². The lowest BCUT2D eigenvalue weighted by Crippen LogP contribution is -2.30. The highest BCUT2D eigenvalue weighted by molar-refractivity contribution is 5.90. The highest BCUT2D eigenvalue weighted by Gasteiger charge is 2.32. The summed E-state index contributed by atoms with van der Waals surface area (Å²) < 4.78 is 41.0. The topological polar surface area (TPSA) is 66.8 Å². The average Bonchev–Trinajstić information content (AvgIpc) is 3.09. The fourth-order valence-corrected chi connectivity index (χ4v) is 3.04. The second-order valence-electron chi connectivity index (χ2n) is 6.14. The number of hydrogen-bond donors (Lipinski definition) is 1. The Morgan fingerprint density at radius 3 is 2.58 bits per heavy atom. The van der Waals surface area contributed by atoms with Crippen LogP contribution < -0.4 is 10.6 Å². The minimum atomic E-state index is -4.51. The molecule has 0 amide bonds. The predicted octanol–water partition coefficient (Wildman–Crippen LogP) is 3.20. The van der Waals surface area contributed by atoms with Gasteiger partial charge in [-0.15, -0.1) is 0 Å². The van der Waals surface area contributed by atoms with Crippen LogP contribution >= 0.6 is 0 Å². The number of aromatic amines is 1. The second-order valence-corrected chi connectivity index (χ2v) is 6.14. The van der Waals surface area contributed by atoms with Crippen molar-refractivity contribution in [1.82, 2.24) is 19.5 Å². The second kappa shape index (κ2) is 6.47. The SMILES string of the molecule is CC[C@@H](c1cnc[nH]1)n1c(=O)nc(N(C)C)c2ccc(C(F)(F)F)cc21. The molecule has 0 unspecified atom stereocenters. The maximum absolute atomic E-state index is 13.2. The number of alkyl halides is 3. The van der Waals surface area contributed by atoms with Crippen LogP contribution in [0, 0.1) is 0 Å². The Balaban J connectivity index is 2.39. The minimum Gasteiger partial charge on any atom is -0.362 e. The first kappa shape index (κ1) is 18.0. The van der Waals surface area contributed by atoms with Gasteiger partial charge >= 0.3 is 11.9 Å². The molecule has 9 heteroatoms. The summed E-state index contributed by atoms with van der Waals surface area (Å²) in [5.41, 5.74) is -0.604. The van der Waals surface area contributed by atoms with Crippen LogP contribution in [-0.4, -0.2) is 33.6 Å². The summed E-state index contributed by atoms with van der Waals surface area (Å²) in [7, 11) is 3.38. The van der Waals surface area contributed by atoms with E-state index in [1.165, 1.54) is 17.0 Å². The number of fused-ring (bicyclic) bond motifs is 1. The molecule has 0 saturated carbocycles. The number of nitrogens with one attached hydrogen (secondary N) is 1. The van der Waals surface area contributed by atoms with Gasteiger partial charge in [0.15, 0.2) is 0 Å². The van der Waals surface area contributed by atoms with Gasteiger partial charge in [0.25, 0.3) is 0 Å². The molecule has 0 aliphatic rings. The third-order valence-corrected chi connectivity index (χ3v) is 4.23. The molecule has 6 nitrogen and oxygen atoms in total. The summed E-state index contributed by atoms with van der Waals surface area (Å²) >= 11 is 0. The molecule has 1 atom stereocenters. The number of halogens is 3. The summed E-state index contributed by atoms with van der Waals surface area (Å²) in [5.74, 6) is 0.328. The zero-order valence-corrected chi connectivity index (χ0v) is 14.5. The van der Waals surface area contributed by atoms with Gasteiger partial charge in [0.1, 0.15) is 5.82 Å². The van der Waals surface area contributed by atoms with Gasteiger partial charge in [0.2, 0.25) is 0 Å². The summed E-state index contributed by atoms with van der Waals surface area (Å²) in [4.78, 5) is 25.3. The number of rotatable bonds is 4. The molecule has 0 radical (unpaired) electrons. The lowest BCUT2D eigenvalue weighted by molar-refractivity contribution is -0.137. The first-order valence-electron chi connectivity index (χ1n) is 8.03. The molecule has 0 fully saturated rings. The first-order chi connectivity index (χ1) is 12.2. The number of anilines is 1. The maximum atomic E-state index is 13.2. The molecule has 0 bridgehead atoms. The van der Waals surface area contributed by atoms with Crippen molar-refractivity contribution in [3.05, 3.63) is 52.5 Å². The van der Waals surface area contributed by atoms with Crippen molar-refractivity contribution in [3.63, 3.8) is 0 Å². The quantitative estimate of drug-likeness (QED) is 0.771. The number of imidazole rings is 1. The van der Waals surface area contributed by atoms with Gasteiger partial charge in [-0.25, -0.2) is 9.78 Å². The van der Waals surface area contributed by atoms with Crippen LogP contribution in [0.1, 0.15) is 30.6 Å². The van der Waals surface area contributed by atoms with Crippen LogP contribution in [0.5, 0.6) is 0 Å². The maximum Gasteiger partial charge on any atom is 0.416 e. The van der Waals surface area contributed by atoms with E-state index in [1.807, 2.05) is 6.92 Å². The number of H-pyrrole nitrogens is 1. The predicted molar refractivity (Wildman–Crippen MR) is 92.3 cm³/mol. The van der Waals surface area contributed by atoms with Crippen molar-refractivity contribution in [2.75, 3.05) is 19.0 Å².